The quantitative estimate of drug-likeness (QED) is 0.488. The second-order valence-electron chi connectivity index (χ2n) is 5.69. The van der Waals surface area contributed by atoms with Gasteiger partial charge in [0, 0.05) is 32.2 Å². The molecule has 0 saturated carbocycles. The molecule has 2 aliphatic rings. The summed E-state index contributed by atoms with van der Waals surface area (Å²) < 4.78 is 0. The van der Waals surface area contributed by atoms with Gasteiger partial charge >= 0.3 is 0 Å². The Bertz CT molecular complexity index is 741. The zero-order valence-corrected chi connectivity index (χ0v) is 13.9. The molecule has 0 radical (unpaired) electrons. The van der Waals surface area contributed by atoms with Gasteiger partial charge in [0.1, 0.15) is 5.69 Å². The number of piperazine rings is 1. The Hall–Kier alpha value is -2.39. The van der Waals surface area contributed by atoms with Crippen LogP contribution in [0.3, 0.4) is 0 Å². The molecule has 2 aliphatic heterocycles. The van der Waals surface area contributed by atoms with Gasteiger partial charge in [-0.3, -0.25) is 20.3 Å². The molecule has 0 spiro atoms. The second-order valence-corrected chi connectivity index (χ2v) is 6.74. The number of benzene rings is 1. The fourth-order valence-corrected chi connectivity index (χ4v) is 3.39. The molecule has 2 heterocycles. The van der Waals surface area contributed by atoms with Crippen molar-refractivity contribution in [3.05, 3.63) is 38.8 Å². The van der Waals surface area contributed by atoms with Crippen LogP contribution in [-0.4, -0.2) is 54.1 Å². The van der Waals surface area contributed by atoms with E-state index in [1.165, 1.54) is 6.07 Å². The Labute approximate surface area is 143 Å². The van der Waals surface area contributed by atoms with Gasteiger partial charge in [-0.1, -0.05) is 6.07 Å². The monoisotopic (exact) mass is 347 g/mol. The SMILES string of the molecule is CN1CCN(c2ccc(/C=C3\SC(=N)NC3=O)cc2[N+](=O)[O-])CC1. The van der Waals surface area contributed by atoms with E-state index in [-0.39, 0.29) is 21.7 Å². The minimum Gasteiger partial charge on any atom is -0.363 e. The average Bonchev–Trinajstić information content (AvgIpc) is 2.85. The topological polar surface area (TPSA) is 103 Å². The van der Waals surface area contributed by atoms with E-state index in [2.05, 4.69) is 10.2 Å². The van der Waals surface area contributed by atoms with Crippen molar-refractivity contribution in [3.63, 3.8) is 0 Å². The highest BCUT2D eigenvalue weighted by Crippen LogP contribution is 2.32. The van der Waals surface area contributed by atoms with E-state index >= 15 is 0 Å². The van der Waals surface area contributed by atoms with Gasteiger partial charge in [-0.15, -0.1) is 0 Å². The Morgan fingerprint density at radius 3 is 2.62 bits per heavy atom. The fourth-order valence-electron chi connectivity index (χ4n) is 2.68. The van der Waals surface area contributed by atoms with Crippen molar-refractivity contribution in [1.29, 1.82) is 5.41 Å². The smallest absolute Gasteiger partial charge is 0.293 e. The standard InChI is InChI=1S/C15H17N5O3S/c1-18-4-6-19(7-5-18)11-3-2-10(8-12(11)20(22)23)9-13-14(21)17-15(16)24-13/h2-3,8-9H,4-7H2,1H3,(H2,16,17,21)/b13-9-. The molecule has 0 atom stereocenters. The van der Waals surface area contributed by atoms with E-state index in [4.69, 9.17) is 5.41 Å². The minimum atomic E-state index is -0.389. The molecule has 2 N–H and O–H groups in total. The van der Waals surface area contributed by atoms with Crippen LogP contribution in [-0.2, 0) is 4.79 Å². The molecule has 126 valence electrons. The summed E-state index contributed by atoms with van der Waals surface area (Å²) in [6.07, 6.45) is 1.57. The average molecular weight is 347 g/mol. The van der Waals surface area contributed by atoms with Crippen molar-refractivity contribution in [1.82, 2.24) is 10.2 Å². The van der Waals surface area contributed by atoms with Gasteiger partial charge in [-0.25, -0.2) is 0 Å². The normalized spacial score (nSPS) is 20.5. The number of anilines is 1. The van der Waals surface area contributed by atoms with Crippen LogP contribution in [0.4, 0.5) is 11.4 Å². The number of nitro groups is 1. The van der Waals surface area contributed by atoms with E-state index in [0.29, 0.717) is 16.2 Å². The first-order chi connectivity index (χ1) is 11.4. The third-order valence-electron chi connectivity index (χ3n) is 4.00. The van der Waals surface area contributed by atoms with Crippen molar-refractivity contribution in [3.8, 4) is 0 Å². The number of hydrogen-bond acceptors (Lipinski definition) is 7. The molecule has 0 bridgehead atoms. The lowest BCUT2D eigenvalue weighted by Crippen LogP contribution is -2.44. The Morgan fingerprint density at radius 1 is 1.33 bits per heavy atom. The second kappa shape index (κ2) is 6.62. The summed E-state index contributed by atoms with van der Waals surface area (Å²) in [6.45, 7) is 3.21. The maximum Gasteiger partial charge on any atom is 0.293 e. The number of likely N-dealkylation sites (N-methyl/N-ethyl adjacent to an activating group) is 1. The Kier molecular flexibility index (Phi) is 4.54. The van der Waals surface area contributed by atoms with E-state index in [1.807, 2.05) is 11.9 Å². The molecule has 8 nitrogen and oxygen atoms in total. The van der Waals surface area contributed by atoms with E-state index < -0.39 is 0 Å². The lowest BCUT2D eigenvalue weighted by molar-refractivity contribution is -0.384. The van der Waals surface area contributed by atoms with Crippen LogP contribution in [0.25, 0.3) is 6.08 Å². The first-order valence-electron chi connectivity index (χ1n) is 7.45. The fraction of sp³-hybridized carbons (Fsp3) is 0.333. The Morgan fingerprint density at radius 2 is 2.04 bits per heavy atom. The number of hydrogen-bond donors (Lipinski definition) is 2. The third kappa shape index (κ3) is 3.41. The number of rotatable bonds is 3. The number of nitrogens with one attached hydrogen (secondary N) is 2. The van der Waals surface area contributed by atoms with E-state index in [9.17, 15) is 14.9 Å². The zero-order chi connectivity index (χ0) is 17.3. The first-order valence-corrected chi connectivity index (χ1v) is 8.27. The summed E-state index contributed by atoms with van der Waals surface area (Å²) >= 11 is 1.01. The minimum absolute atomic E-state index is 0.0346. The van der Waals surface area contributed by atoms with Gasteiger partial charge in [0.2, 0.25) is 0 Å². The van der Waals surface area contributed by atoms with E-state index in [0.717, 1.165) is 37.9 Å². The molecule has 3 rings (SSSR count). The first kappa shape index (κ1) is 16.5. The molecule has 0 unspecified atom stereocenters. The van der Waals surface area contributed by atoms with Gasteiger partial charge in [-0.05, 0) is 36.5 Å². The zero-order valence-electron chi connectivity index (χ0n) is 13.1. The number of carbonyl (C=O) groups excluding carboxylic acids is 1. The van der Waals surface area contributed by atoms with Crippen molar-refractivity contribution < 1.29 is 9.72 Å². The number of nitro benzene ring substituents is 1. The van der Waals surface area contributed by atoms with Crippen molar-refractivity contribution in [2.75, 3.05) is 38.1 Å². The molecule has 2 fully saturated rings. The van der Waals surface area contributed by atoms with Crippen molar-refractivity contribution in [2.24, 2.45) is 0 Å². The highest BCUT2D eigenvalue weighted by molar-refractivity contribution is 8.18. The number of carbonyl (C=O) groups is 1. The van der Waals surface area contributed by atoms with Gasteiger partial charge in [0.05, 0.1) is 9.83 Å². The van der Waals surface area contributed by atoms with Crippen molar-refractivity contribution >= 4 is 40.3 Å². The van der Waals surface area contributed by atoms with Crippen LogP contribution in [0.5, 0.6) is 0 Å². The molecule has 1 amide bonds. The highest BCUT2D eigenvalue weighted by atomic mass is 32.2. The molecule has 9 heteroatoms. The summed E-state index contributed by atoms with van der Waals surface area (Å²) in [5.41, 5.74) is 1.21. The summed E-state index contributed by atoms with van der Waals surface area (Å²) in [7, 11) is 2.03. The van der Waals surface area contributed by atoms with Crippen LogP contribution in [0.15, 0.2) is 23.1 Å². The molecular formula is C15H17N5O3S. The summed E-state index contributed by atoms with van der Waals surface area (Å²) in [5, 5.41) is 21.4. The maximum absolute atomic E-state index is 11.7. The largest absolute Gasteiger partial charge is 0.363 e. The molecule has 1 aromatic rings. The van der Waals surface area contributed by atoms with Crippen LogP contribution in [0.2, 0.25) is 0 Å². The van der Waals surface area contributed by atoms with Crippen LogP contribution in [0.1, 0.15) is 5.56 Å². The summed E-state index contributed by atoms with van der Waals surface area (Å²) in [6, 6.07) is 4.98. The van der Waals surface area contributed by atoms with Crippen LogP contribution in [0, 0.1) is 15.5 Å². The summed E-state index contributed by atoms with van der Waals surface area (Å²) in [4.78, 5) is 27.3. The molecule has 0 aliphatic carbocycles. The predicted octanol–water partition coefficient (Wildman–Crippen LogP) is 1.49. The van der Waals surface area contributed by atoms with Crippen LogP contribution < -0.4 is 10.2 Å². The number of thioether (sulfide) groups is 1. The molecule has 24 heavy (non-hydrogen) atoms. The van der Waals surface area contributed by atoms with Crippen LogP contribution >= 0.6 is 11.8 Å². The van der Waals surface area contributed by atoms with Gasteiger partial charge in [0.15, 0.2) is 5.17 Å². The molecular weight excluding hydrogens is 330 g/mol. The molecule has 2 saturated heterocycles. The molecule has 1 aromatic carbocycles. The third-order valence-corrected chi connectivity index (χ3v) is 4.83. The molecule has 0 aromatic heterocycles. The van der Waals surface area contributed by atoms with E-state index in [1.54, 1.807) is 18.2 Å². The number of amidine groups is 1. The van der Waals surface area contributed by atoms with Gasteiger partial charge in [-0.2, -0.15) is 0 Å². The number of amides is 1. The predicted molar refractivity (Wildman–Crippen MR) is 94.2 cm³/mol. The van der Waals surface area contributed by atoms with Gasteiger partial charge in [0.25, 0.3) is 11.6 Å². The lowest BCUT2D eigenvalue weighted by atomic mass is 10.1. The lowest BCUT2D eigenvalue weighted by Gasteiger charge is -2.33. The maximum atomic E-state index is 11.7. The van der Waals surface area contributed by atoms with Gasteiger partial charge < -0.3 is 15.1 Å². The number of nitrogens with zero attached hydrogens (tertiary/aromatic N) is 3. The highest BCUT2D eigenvalue weighted by Gasteiger charge is 2.25. The summed E-state index contributed by atoms with van der Waals surface area (Å²) in [5.74, 6) is -0.351. The van der Waals surface area contributed by atoms with Crippen molar-refractivity contribution in [2.45, 2.75) is 0 Å². The Balaban J connectivity index is 1.90.